The largest absolute Gasteiger partial charge is 0.368 e. The molecule has 0 spiro atoms. The zero-order valence-corrected chi connectivity index (χ0v) is 10.6. The molecule has 0 N–H and O–H groups in total. The highest BCUT2D eigenvalue weighted by molar-refractivity contribution is 9.10. The Morgan fingerprint density at radius 1 is 1.57 bits per heavy atom. The summed E-state index contributed by atoms with van der Waals surface area (Å²) in [6, 6.07) is 0. The molecule has 1 aliphatic rings. The second-order valence-corrected chi connectivity index (χ2v) is 5.68. The maximum atomic E-state index is 11.9. The summed E-state index contributed by atoms with van der Waals surface area (Å²) in [6.45, 7) is 0.683. The number of ether oxygens (including phenoxy) is 1. The van der Waals surface area contributed by atoms with E-state index in [4.69, 9.17) is 4.74 Å². The first-order valence-electron chi connectivity index (χ1n) is 4.24. The Kier molecular flexibility index (Phi) is 3.65. The lowest BCUT2D eigenvalue weighted by Crippen LogP contribution is -2.31. The minimum atomic E-state index is -0.250. The number of rotatable bonds is 2. The van der Waals surface area contributed by atoms with Crippen LogP contribution in [-0.2, 0) is 4.74 Å². The number of carbonyl (C=O) groups is 1. The predicted molar refractivity (Wildman–Crippen MR) is 63.4 cm³/mol. The van der Waals surface area contributed by atoms with Gasteiger partial charge in [0.15, 0.2) is 5.78 Å². The van der Waals surface area contributed by atoms with Crippen LogP contribution in [0.25, 0.3) is 0 Å². The first-order valence-corrected chi connectivity index (χ1v) is 7.13. The fourth-order valence-electron chi connectivity index (χ4n) is 1.27. The van der Waals surface area contributed by atoms with Crippen LogP contribution in [0.1, 0.15) is 10.4 Å². The third kappa shape index (κ3) is 2.21. The van der Waals surface area contributed by atoms with Gasteiger partial charge in [0, 0.05) is 32.3 Å². The van der Waals surface area contributed by atoms with Gasteiger partial charge in [0.25, 0.3) is 0 Å². The second-order valence-electron chi connectivity index (χ2n) is 2.93. The maximum absolute atomic E-state index is 11.9. The van der Waals surface area contributed by atoms with E-state index >= 15 is 0 Å². The van der Waals surface area contributed by atoms with Crippen LogP contribution >= 0.6 is 39.0 Å². The summed E-state index contributed by atoms with van der Waals surface area (Å²) in [7, 11) is 0. The van der Waals surface area contributed by atoms with Crippen molar-refractivity contribution in [3.05, 3.63) is 20.8 Å². The fourth-order valence-corrected chi connectivity index (χ4v) is 3.59. The van der Waals surface area contributed by atoms with E-state index in [1.165, 1.54) is 11.3 Å². The van der Waals surface area contributed by atoms with E-state index in [0.29, 0.717) is 6.61 Å². The van der Waals surface area contributed by atoms with E-state index < -0.39 is 0 Å². The average Bonchev–Trinajstić information content (AvgIpc) is 2.65. The molecular weight excluding hydrogens is 284 g/mol. The molecule has 1 atom stereocenters. The number of hydrogen-bond acceptors (Lipinski definition) is 4. The molecule has 0 aromatic carbocycles. The van der Waals surface area contributed by atoms with E-state index in [1.807, 2.05) is 10.8 Å². The first-order chi connectivity index (χ1) is 6.79. The quantitative estimate of drug-likeness (QED) is 0.784. The van der Waals surface area contributed by atoms with Crippen LogP contribution in [0.15, 0.2) is 15.2 Å². The molecule has 2 nitrogen and oxygen atoms in total. The van der Waals surface area contributed by atoms with Gasteiger partial charge in [0.1, 0.15) is 6.10 Å². The normalized spacial score (nSPS) is 22.2. The van der Waals surface area contributed by atoms with Crippen LogP contribution in [0.5, 0.6) is 0 Å². The summed E-state index contributed by atoms with van der Waals surface area (Å²) >= 11 is 6.67. The lowest BCUT2D eigenvalue weighted by atomic mass is 10.1. The minimum absolute atomic E-state index is 0.102. The number of ketones is 1. The Morgan fingerprint density at radius 3 is 3.00 bits per heavy atom. The van der Waals surface area contributed by atoms with Gasteiger partial charge in [-0.15, -0.1) is 0 Å². The van der Waals surface area contributed by atoms with E-state index in [1.54, 1.807) is 11.8 Å². The lowest BCUT2D eigenvalue weighted by molar-refractivity contribution is 0.0518. The van der Waals surface area contributed by atoms with Crippen molar-refractivity contribution in [3.63, 3.8) is 0 Å². The molecule has 2 heterocycles. The molecule has 14 heavy (non-hydrogen) atoms. The Hall–Kier alpha value is 0.160. The summed E-state index contributed by atoms with van der Waals surface area (Å²) < 4.78 is 6.31. The van der Waals surface area contributed by atoms with Gasteiger partial charge in [0.2, 0.25) is 0 Å². The molecule has 5 heteroatoms. The van der Waals surface area contributed by atoms with Crippen molar-refractivity contribution in [2.75, 3.05) is 18.1 Å². The van der Waals surface area contributed by atoms with E-state index in [-0.39, 0.29) is 11.9 Å². The van der Waals surface area contributed by atoms with Crippen LogP contribution in [-0.4, -0.2) is 30.0 Å². The monoisotopic (exact) mass is 292 g/mol. The van der Waals surface area contributed by atoms with Crippen LogP contribution in [0.3, 0.4) is 0 Å². The number of Topliss-reactive ketones (excluding diaryl/α,β-unsaturated/α-hetero) is 1. The van der Waals surface area contributed by atoms with Crippen LogP contribution in [0.4, 0.5) is 0 Å². The molecule has 1 aliphatic heterocycles. The summed E-state index contributed by atoms with van der Waals surface area (Å²) in [5.41, 5.74) is 0.752. The number of halogens is 1. The minimum Gasteiger partial charge on any atom is -0.368 e. The summed E-state index contributed by atoms with van der Waals surface area (Å²) in [4.78, 5) is 11.9. The summed E-state index contributed by atoms with van der Waals surface area (Å²) in [5.74, 6) is 1.88. The van der Waals surface area contributed by atoms with Crippen LogP contribution in [0.2, 0.25) is 0 Å². The highest BCUT2D eigenvalue weighted by Crippen LogP contribution is 2.25. The molecule has 1 saturated heterocycles. The number of thioether (sulfide) groups is 1. The Labute approximate surface area is 99.2 Å². The smallest absolute Gasteiger partial charge is 0.194 e. The molecule has 1 fully saturated rings. The van der Waals surface area contributed by atoms with Gasteiger partial charge in [-0.2, -0.15) is 23.1 Å². The van der Waals surface area contributed by atoms with Gasteiger partial charge in [-0.05, 0) is 15.9 Å². The number of hydrogen-bond donors (Lipinski definition) is 0. The number of thiophene rings is 1. The van der Waals surface area contributed by atoms with Crippen molar-refractivity contribution >= 4 is 44.8 Å². The van der Waals surface area contributed by atoms with Crippen molar-refractivity contribution in [1.29, 1.82) is 0 Å². The van der Waals surface area contributed by atoms with Gasteiger partial charge in [-0.3, -0.25) is 4.79 Å². The third-order valence-corrected chi connectivity index (χ3v) is 4.69. The van der Waals surface area contributed by atoms with Crippen molar-refractivity contribution in [2.24, 2.45) is 0 Å². The van der Waals surface area contributed by atoms with Gasteiger partial charge in [-0.25, -0.2) is 0 Å². The first kappa shape index (κ1) is 10.7. The molecular formula is C9H9BrO2S2. The molecule has 0 amide bonds. The molecule has 76 valence electrons. The second kappa shape index (κ2) is 4.79. The summed E-state index contributed by atoms with van der Waals surface area (Å²) in [6.07, 6.45) is -0.250. The van der Waals surface area contributed by atoms with Crippen molar-refractivity contribution in [3.8, 4) is 0 Å². The van der Waals surface area contributed by atoms with Crippen LogP contribution in [0, 0.1) is 0 Å². The third-order valence-electron chi connectivity index (χ3n) is 1.99. The van der Waals surface area contributed by atoms with Crippen LogP contribution < -0.4 is 0 Å². The van der Waals surface area contributed by atoms with Crippen molar-refractivity contribution < 1.29 is 9.53 Å². The Morgan fingerprint density at radius 2 is 2.43 bits per heavy atom. The van der Waals surface area contributed by atoms with E-state index in [9.17, 15) is 4.79 Å². The Bertz CT molecular complexity index is 331. The molecule has 0 aliphatic carbocycles. The van der Waals surface area contributed by atoms with E-state index in [0.717, 1.165) is 21.5 Å². The predicted octanol–water partition coefficient (Wildman–Crippen LogP) is 2.83. The van der Waals surface area contributed by atoms with Gasteiger partial charge >= 0.3 is 0 Å². The fraction of sp³-hybridized carbons (Fsp3) is 0.444. The van der Waals surface area contributed by atoms with Gasteiger partial charge < -0.3 is 4.74 Å². The molecule has 1 aromatic rings. The highest BCUT2D eigenvalue weighted by atomic mass is 79.9. The van der Waals surface area contributed by atoms with Gasteiger partial charge in [0.05, 0.1) is 6.61 Å². The molecule has 1 unspecified atom stereocenters. The van der Waals surface area contributed by atoms with E-state index in [2.05, 4.69) is 15.9 Å². The highest BCUT2D eigenvalue weighted by Gasteiger charge is 2.25. The topological polar surface area (TPSA) is 26.3 Å². The van der Waals surface area contributed by atoms with Crippen molar-refractivity contribution in [1.82, 2.24) is 0 Å². The molecule has 0 bridgehead atoms. The Balaban J connectivity index is 2.11. The maximum Gasteiger partial charge on any atom is 0.194 e. The molecule has 0 radical (unpaired) electrons. The molecule has 0 saturated carbocycles. The SMILES string of the molecule is O=C(c1cscc1Br)C1CSCCO1. The van der Waals surface area contributed by atoms with Crippen molar-refractivity contribution in [2.45, 2.75) is 6.10 Å². The molecule has 1 aromatic heterocycles. The number of carbonyl (C=O) groups excluding carboxylic acids is 1. The summed E-state index contributed by atoms with van der Waals surface area (Å²) in [5, 5.41) is 3.79. The van der Waals surface area contributed by atoms with Gasteiger partial charge in [-0.1, -0.05) is 0 Å². The zero-order valence-electron chi connectivity index (χ0n) is 7.36. The zero-order chi connectivity index (χ0) is 9.97. The molecule has 2 rings (SSSR count). The lowest BCUT2D eigenvalue weighted by Gasteiger charge is -2.20. The average molecular weight is 293 g/mol. The standard InChI is InChI=1S/C9H9BrO2S2/c10-7-4-14-3-6(7)9(11)8-5-13-2-1-12-8/h3-4,8H,1-2,5H2.